The van der Waals surface area contributed by atoms with Crippen molar-refractivity contribution in [2.75, 3.05) is 10.0 Å². The number of amides is 1. The molecule has 0 saturated heterocycles. The van der Waals surface area contributed by atoms with Crippen LogP contribution in [0.1, 0.15) is 19.3 Å². The van der Waals surface area contributed by atoms with E-state index in [0.29, 0.717) is 6.42 Å². The highest BCUT2D eigenvalue weighted by Gasteiger charge is 2.21. The average molecular weight is 347 g/mol. The standard InChI is InChI=1S/C15H17N5O3S/c21-13(11-7-3-1-4-8-11)16-14-17-15(19-18-14)20-24(22,23)12-9-5-2-6-10-12/h1-3,5-6,9-11H,4,7-8H2,(H3,16,17,18,19,20,21). The molecular formula is C15H17N5O3S. The maximum absolute atomic E-state index is 12.2. The van der Waals surface area contributed by atoms with Crippen molar-refractivity contribution in [3.05, 3.63) is 42.5 Å². The molecular weight excluding hydrogens is 330 g/mol. The van der Waals surface area contributed by atoms with Crippen LogP contribution in [0.15, 0.2) is 47.4 Å². The van der Waals surface area contributed by atoms with Gasteiger partial charge in [0, 0.05) is 5.92 Å². The number of H-pyrrole nitrogens is 1. The minimum absolute atomic E-state index is 0.106. The Morgan fingerprint density at radius 3 is 2.71 bits per heavy atom. The summed E-state index contributed by atoms with van der Waals surface area (Å²) in [5.41, 5.74) is 0. The molecule has 1 aliphatic carbocycles. The van der Waals surface area contributed by atoms with Gasteiger partial charge < -0.3 is 0 Å². The summed E-state index contributed by atoms with van der Waals surface area (Å²) in [6, 6.07) is 7.90. The summed E-state index contributed by atoms with van der Waals surface area (Å²) in [5.74, 6) is -0.282. The number of rotatable bonds is 5. The third kappa shape index (κ3) is 3.80. The zero-order chi connectivity index (χ0) is 17.0. The second-order valence-electron chi connectivity index (χ2n) is 5.40. The van der Waals surface area contributed by atoms with Crippen molar-refractivity contribution in [1.29, 1.82) is 0 Å². The Morgan fingerprint density at radius 1 is 1.21 bits per heavy atom. The smallest absolute Gasteiger partial charge is 0.264 e. The van der Waals surface area contributed by atoms with E-state index in [2.05, 4.69) is 31.3 Å². The fraction of sp³-hybridized carbons (Fsp3) is 0.267. The number of benzene rings is 1. The number of allylic oxidation sites excluding steroid dienone is 2. The van der Waals surface area contributed by atoms with Crippen LogP contribution in [0, 0.1) is 5.92 Å². The lowest BCUT2D eigenvalue weighted by molar-refractivity contribution is -0.120. The number of carbonyl (C=O) groups is 1. The molecule has 1 aromatic heterocycles. The number of sulfonamides is 1. The van der Waals surface area contributed by atoms with Gasteiger partial charge in [-0.15, -0.1) is 5.10 Å². The molecule has 3 rings (SSSR count). The summed E-state index contributed by atoms with van der Waals surface area (Å²) >= 11 is 0. The number of hydrogen-bond acceptors (Lipinski definition) is 5. The SMILES string of the molecule is O=C(Nc1nc(NS(=O)(=O)c2ccccc2)n[nH]1)C1CC=CCC1. The van der Waals surface area contributed by atoms with Gasteiger partial charge in [-0.2, -0.15) is 4.98 Å². The van der Waals surface area contributed by atoms with Gasteiger partial charge in [0.05, 0.1) is 4.90 Å². The lowest BCUT2D eigenvalue weighted by atomic mass is 9.94. The van der Waals surface area contributed by atoms with Crippen LogP contribution in [0.3, 0.4) is 0 Å². The summed E-state index contributed by atoms with van der Waals surface area (Å²) in [6.45, 7) is 0. The molecule has 1 aliphatic rings. The molecule has 126 valence electrons. The van der Waals surface area contributed by atoms with Crippen LogP contribution in [0.25, 0.3) is 0 Å². The molecule has 0 radical (unpaired) electrons. The molecule has 9 heteroatoms. The third-order valence-electron chi connectivity index (χ3n) is 3.65. The Kier molecular flexibility index (Phi) is 4.61. The molecule has 8 nitrogen and oxygen atoms in total. The second-order valence-corrected chi connectivity index (χ2v) is 7.08. The predicted octanol–water partition coefficient (Wildman–Crippen LogP) is 1.90. The first kappa shape index (κ1) is 16.2. The molecule has 1 unspecified atom stereocenters. The predicted molar refractivity (Wildman–Crippen MR) is 88.7 cm³/mol. The van der Waals surface area contributed by atoms with Crippen molar-refractivity contribution >= 4 is 27.8 Å². The maximum atomic E-state index is 12.2. The normalized spacial score (nSPS) is 17.4. The van der Waals surface area contributed by atoms with Gasteiger partial charge >= 0.3 is 0 Å². The lowest BCUT2D eigenvalue weighted by Gasteiger charge is -2.15. The topological polar surface area (TPSA) is 117 Å². The van der Waals surface area contributed by atoms with Gasteiger partial charge in [-0.25, -0.2) is 18.2 Å². The molecule has 0 fully saturated rings. The summed E-state index contributed by atoms with van der Waals surface area (Å²) < 4.78 is 26.6. The van der Waals surface area contributed by atoms with Crippen LogP contribution in [-0.4, -0.2) is 29.5 Å². The number of hydrogen-bond donors (Lipinski definition) is 3. The molecule has 0 saturated carbocycles. The molecule has 3 N–H and O–H groups in total. The maximum Gasteiger partial charge on any atom is 0.264 e. The first-order valence-electron chi connectivity index (χ1n) is 7.51. The highest BCUT2D eigenvalue weighted by atomic mass is 32.2. The quantitative estimate of drug-likeness (QED) is 0.714. The van der Waals surface area contributed by atoms with Crippen LogP contribution in [0.5, 0.6) is 0 Å². The van der Waals surface area contributed by atoms with Gasteiger partial charge in [-0.05, 0) is 31.4 Å². The van der Waals surface area contributed by atoms with E-state index in [1.165, 1.54) is 12.1 Å². The van der Waals surface area contributed by atoms with Crippen LogP contribution < -0.4 is 10.0 Å². The zero-order valence-corrected chi connectivity index (χ0v) is 13.6. The first-order chi connectivity index (χ1) is 11.5. The Morgan fingerprint density at radius 2 is 2.00 bits per heavy atom. The van der Waals surface area contributed by atoms with Gasteiger partial charge in [0.25, 0.3) is 16.0 Å². The number of aromatic amines is 1. The van der Waals surface area contributed by atoms with E-state index in [1.54, 1.807) is 18.2 Å². The summed E-state index contributed by atoms with van der Waals surface area (Å²) in [5, 5.41) is 8.90. The van der Waals surface area contributed by atoms with Gasteiger partial charge in [-0.1, -0.05) is 30.4 Å². The van der Waals surface area contributed by atoms with E-state index < -0.39 is 10.0 Å². The van der Waals surface area contributed by atoms with Crippen molar-refractivity contribution in [3.8, 4) is 0 Å². The van der Waals surface area contributed by atoms with Crippen LogP contribution in [0.2, 0.25) is 0 Å². The number of anilines is 2. The molecule has 1 aromatic carbocycles. The van der Waals surface area contributed by atoms with Crippen LogP contribution in [-0.2, 0) is 14.8 Å². The van der Waals surface area contributed by atoms with Crippen LogP contribution >= 0.6 is 0 Å². The molecule has 0 spiro atoms. The van der Waals surface area contributed by atoms with Gasteiger partial charge in [-0.3, -0.25) is 10.1 Å². The van der Waals surface area contributed by atoms with E-state index in [0.717, 1.165) is 12.8 Å². The third-order valence-corrected chi connectivity index (χ3v) is 4.99. The minimum Gasteiger partial charge on any atom is -0.295 e. The molecule has 24 heavy (non-hydrogen) atoms. The monoisotopic (exact) mass is 347 g/mol. The number of nitrogens with one attached hydrogen (secondary N) is 3. The average Bonchev–Trinajstić information content (AvgIpc) is 3.02. The molecule has 1 heterocycles. The summed E-state index contributed by atoms with van der Waals surface area (Å²) in [4.78, 5) is 16.2. The molecule has 1 atom stereocenters. The highest BCUT2D eigenvalue weighted by Crippen LogP contribution is 2.20. The highest BCUT2D eigenvalue weighted by molar-refractivity contribution is 7.92. The fourth-order valence-corrected chi connectivity index (χ4v) is 3.36. The van der Waals surface area contributed by atoms with E-state index in [1.807, 2.05) is 6.08 Å². The van der Waals surface area contributed by atoms with E-state index in [9.17, 15) is 13.2 Å². The second kappa shape index (κ2) is 6.83. The number of nitrogens with zero attached hydrogens (tertiary/aromatic N) is 2. The first-order valence-corrected chi connectivity index (χ1v) is 8.99. The van der Waals surface area contributed by atoms with Crippen molar-refractivity contribution in [1.82, 2.24) is 15.2 Å². The summed E-state index contributed by atoms with van der Waals surface area (Å²) in [6.07, 6.45) is 6.37. The van der Waals surface area contributed by atoms with Gasteiger partial charge in [0.1, 0.15) is 0 Å². The summed E-state index contributed by atoms with van der Waals surface area (Å²) in [7, 11) is -3.77. The molecule has 0 bridgehead atoms. The number of aromatic nitrogens is 3. The van der Waals surface area contributed by atoms with Crippen LogP contribution in [0.4, 0.5) is 11.9 Å². The van der Waals surface area contributed by atoms with Crippen molar-refractivity contribution in [3.63, 3.8) is 0 Å². The Labute approximate surface area is 139 Å². The van der Waals surface area contributed by atoms with Gasteiger partial charge in [0.15, 0.2) is 0 Å². The minimum atomic E-state index is -3.77. The Hall–Kier alpha value is -2.68. The van der Waals surface area contributed by atoms with E-state index in [-0.39, 0.29) is 28.6 Å². The molecule has 0 aliphatic heterocycles. The lowest BCUT2D eigenvalue weighted by Crippen LogP contribution is -2.24. The molecule has 2 aromatic rings. The van der Waals surface area contributed by atoms with Crippen molar-refractivity contribution in [2.45, 2.75) is 24.2 Å². The Bertz CT molecular complexity index is 845. The van der Waals surface area contributed by atoms with E-state index in [4.69, 9.17) is 0 Å². The van der Waals surface area contributed by atoms with Gasteiger partial charge in [0.2, 0.25) is 11.9 Å². The van der Waals surface area contributed by atoms with Crippen molar-refractivity contribution in [2.24, 2.45) is 5.92 Å². The van der Waals surface area contributed by atoms with Crippen molar-refractivity contribution < 1.29 is 13.2 Å². The largest absolute Gasteiger partial charge is 0.295 e. The zero-order valence-electron chi connectivity index (χ0n) is 12.8. The molecule has 1 amide bonds. The van der Waals surface area contributed by atoms with E-state index >= 15 is 0 Å². The number of carbonyl (C=O) groups excluding carboxylic acids is 1. The fourth-order valence-electron chi connectivity index (χ4n) is 2.39. The Balaban J connectivity index is 1.65.